The molecule has 72 valence electrons. The van der Waals surface area contributed by atoms with Crippen molar-refractivity contribution in [3.05, 3.63) is 0 Å². The van der Waals surface area contributed by atoms with Crippen molar-refractivity contribution >= 4 is 12.4 Å². The first-order chi connectivity index (χ1) is 5.45. The van der Waals surface area contributed by atoms with E-state index in [0.29, 0.717) is 0 Å². The highest BCUT2D eigenvalue weighted by Crippen LogP contribution is 2.35. The van der Waals surface area contributed by atoms with Crippen molar-refractivity contribution in [3.8, 4) is 0 Å². The van der Waals surface area contributed by atoms with Crippen LogP contribution in [0.3, 0.4) is 0 Å². The molecule has 1 heterocycles. The molecule has 2 rings (SSSR count). The van der Waals surface area contributed by atoms with E-state index in [4.69, 9.17) is 0 Å². The number of nitrogens with one attached hydrogen (secondary N) is 1. The summed E-state index contributed by atoms with van der Waals surface area (Å²) >= 11 is 0. The van der Waals surface area contributed by atoms with Crippen LogP contribution < -0.4 is 5.32 Å². The highest BCUT2D eigenvalue weighted by molar-refractivity contribution is 5.85. The van der Waals surface area contributed by atoms with Crippen molar-refractivity contribution in [1.29, 1.82) is 0 Å². The van der Waals surface area contributed by atoms with Crippen LogP contribution in [0, 0.1) is 11.8 Å². The molecule has 1 aliphatic carbocycles. The normalized spacial score (nSPS) is 29.5. The molecule has 0 bridgehead atoms. The van der Waals surface area contributed by atoms with Gasteiger partial charge < -0.3 is 5.32 Å². The van der Waals surface area contributed by atoms with Crippen LogP contribution in [0.25, 0.3) is 0 Å². The lowest BCUT2D eigenvalue weighted by Crippen LogP contribution is -2.29. The lowest BCUT2D eigenvalue weighted by molar-refractivity contribution is 0.345. The lowest BCUT2D eigenvalue weighted by Gasteiger charge is -2.22. The van der Waals surface area contributed by atoms with Crippen LogP contribution in [0.4, 0.5) is 0 Å². The van der Waals surface area contributed by atoms with Crippen LogP contribution in [0.5, 0.6) is 0 Å². The van der Waals surface area contributed by atoms with E-state index < -0.39 is 0 Å². The number of rotatable bonds is 3. The molecule has 0 aromatic heterocycles. The molecule has 0 radical (unpaired) electrons. The summed E-state index contributed by atoms with van der Waals surface area (Å²) in [7, 11) is 0. The summed E-state index contributed by atoms with van der Waals surface area (Å²) in [5.74, 6) is 2.15. The zero-order chi connectivity index (χ0) is 7.52. The summed E-state index contributed by atoms with van der Waals surface area (Å²) in [5.41, 5.74) is 0. The quantitative estimate of drug-likeness (QED) is 0.720. The maximum Gasteiger partial charge on any atom is -0.00205 e. The average Bonchev–Trinajstić information content (AvgIpc) is 2.86. The predicted molar refractivity (Wildman–Crippen MR) is 54.8 cm³/mol. The second-order valence-corrected chi connectivity index (χ2v) is 4.23. The number of hydrogen-bond acceptors (Lipinski definition) is 1. The van der Waals surface area contributed by atoms with E-state index in [1.54, 1.807) is 0 Å². The Balaban J connectivity index is 0.000000720. The number of halogens is 1. The molecule has 12 heavy (non-hydrogen) atoms. The van der Waals surface area contributed by atoms with Gasteiger partial charge in [0.05, 0.1) is 0 Å². The molecule has 1 atom stereocenters. The standard InChI is InChI=1S/C10H19N.ClH/c1-2-10(8-11-7-1)6-5-9-3-4-9;/h9-11H,1-8H2;1H. The van der Waals surface area contributed by atoms with Crippen LogP contribution in [-0.4, -0.2) is 13.1 Å². The van der Waals surface area contributed by atoms with Crippen LogP contribution in [-0.2, 0) is 0 Å². The highest BCUT2D eigenvalue weighted by Gasteiger charge is 2.22. The fourth-order valence-electron chi connectivity index (χ4n) is 2.05. The fraction of sp³-hybridized carbons (Fsp3) is 1.00. The Morgan fingerprint density at radius 3 is 2.33 bits per heavy atom. The summed E-state index contributed by atoms with van der Waals surface area (Å²) in [5, 5.41) is 3.48. The molecule has 0 aromatic rings. The average molecular weight is 190 g/mol. The molecular weight excluding hydrogens is 170 g/mol. The summed E-state index contributed by atoms with van der Waals surface area (Å²) in [6, 6.07) is 0. The van der Waals surface area contributed by atoms with Gasteiger partial charge in [-0.25, -0.2) is 0 Å². The third kappa shape index (κ3) is 3.32. The van der Waals surface area contributed by atoms with Gasteiger partial charge in [-0.1, -0.05) is 19.3 Å². The molecular formula is C10H20ClN. The van der Waals surface area contributed by atoms with Crippen LogP contribution in [0.15, 0.2) is 0 Å². The van der Waals surface area contributed by atoms with Crippen molar-refractivity contribution in [3.63, 3.8) is 0 Å². The second kappa shape index (κ2) is 5.08. The van der Waals surface area contributed by atoms with Crippen LogP contribution in [0.1, 0.15) is 38.5 Å². The van der Waals surface area contributed by atoms with Crippen LogP contribution in [0.2, 0.25) is 0 Å². The molecule has 0 aromatic carbocycles. The Bertz CT molecular complexity index is 117. The zero-order valence-corrected chi connectivity index (χ0v) is 8.54. The Hall–Kier alpha value is 0.250. The minimum Gasteiger partial charge on any atom is -0.316 e. The van der Waals surface area contributed by atoms with E-state index in [2.05, 4.69) is 5.32 Å². The van der Waals surface area contributed by atoms with Gasteiger partial charge in [-0.15, -0.1) is 12.4 Å². The summed E-state index contributed by atoms with van der Waals surface area (Å²) in [6.45, 7) is 2.56. The van der Waals surface area contributed by atoms with Gasteiger partial charge in [-0.05, 0) is 44.2 Å². The van der Waals surface area contributed by atoms with E-state index in [9.17, 15) is 0 Å². The van der Waals surface area contributed by atoms with E-state index in [1.165, 1.54) is 51.6 Å². The minimum absolute atomic E-state index is 0. The Kier molecular flexibility index (Phi) is 4.38. The van der Waals surface area contributed by atoms with Crippen molar-refractivity contribution in [2.45, 2.75) is 38.5 Å². The first-order valence-electron chi connectivity index (χ1n) is 5.16. The zero-order valence-electron chi connectivity index (χ0n) is 7.72. The van der Waals surface area contributed by atoms with Crippen LogP contribution >= 0.6 is 12.4 Å². The SMILES string of the molecule is C1CNCC(CCC2CC2)C1.Cl. The maximum atomic E-state index is 3.48. The molecule has 1 unspecified atom stereocenters. The van der Waals surface area contributed by atoms with Crippen molar-refractivity contribution in [2.75, 3.05) is 13.1 Å². The largest absolute Gasteiger partial charge is 0.316 e. The van der Waals surface area contributed by atoms with Gasteiger partial charge in [-0.3, -0.25) is 0 Å². The smallest absolute Gasteiger partial charge is 0.00205 e. The third-order valence-electron chi connectivity index (χ3n) is 3.08. The molecule has 1 nitrogen and oxygen atoms in total. The fourth-order valence-corrected chi connectivity index (χ4v) is 2.05. The van der Waals surface area contributed by atoms with Gasteiger partial charge in [-0.2, -0.15) is 0 Å². The van der Waals surface area contributed by atoms with Gasteiger partial charge in [0.1, 0.15) is 0 Å². The monoisotopic (exact) mass is 189 g/mol. The van der Waals surface area contributed by atoms with Crippen molar-refractivity contribution in [1.82, 2.24) is 5.32 Å². The maximum absolute atomic E-state index is 3.48. The van der Waals surface area contributed by atoms with E-state index >= 15 is 0 Å². The molecule has 2 fully saturated rings. The first kappa shape index (κ1) is 10.3. The van der Waals surface area contributed by atoms with Gasteiger partial charge in [0.15, 0.2) is 0 Å². The molecule has 1 aliphatic heterocycles. The summed E-state index contributed by atoms with van der Waals surface area (Å²) < 4.78 is 0. The number of piperidine rings is 1. The van der Waals surface area contributed by atoms with Gasteiger partial charge >= 0.3 is 0 Å². The molecule has 2 aliphatic rings. The molecule has 1 saturated carbocycles. The third-order valence-corrected chi connectivity index (χ3v) is 3.08. The topological polar surface area (TPSA) is 12.0 Å². The Morgan fingerprint density at radius 1 is 1.00 bits per heavy atom. The van der Waals surface area contributed by atoms with Crippen molar-refractivity contribution in [2.24, 2.45) is 11.8 Å². The van der Waals surface area contributed by atoms with Gasteiger partial charge in [0, 0.05) is 0 Å². The second-order valence-electron chi connectivity index (χ2n) is 4.23. The van der Waals surface area contributed by atoms with Crippen molar-refractivity contribution < 1.29 is 0 Å². The molecule has 2 heteroatoms. The summed E-state index contributed by atoms with van der Waals surface area (Å²) in [4.78, 5) is 0. The Morgan fingerprint density at radius 2 is 1.75 bits per heavy atom. The van der Waals surface area contributed by atoms with E-state index in [-0.39, 0.29) is 12.4 Å². The van der Waals surface area contributed by atoms with E-state index in [0.717, 1.165) is 11.8 Å². The lowest BCUT2D eigenvalue weighted by atomic mass is 9.94. The van der Waals surface area contributed by atoms with Gasteiger partial charge in [0.25, 0.3) is 0 Å². The molecule has 0 spiro atoms. The van der Waals surface area contributed by atoms with Gasteiger partial charge in [0.2, 0.25) is 0 Å². The highest BCUT2D eigenvalue weighted by atomic mass is 35.5. The van der Waals surface area contributed by atoms with E-state index in [1.807, 2.05) is 0 Å². The summed E-state index contributed by atoms with van der Waals surface area (Å²) in [6.07, 6.45) is 8.97. The molecule has 1 saturated heterocycles. The molecule has 1 N–H and O–H groups in total. The minimum atomic E-state index is 0. The first-order valence-corrected chi connectivity index (χ1v) is 5.16. The molecule has 0 amide bonds. The number of hydrogen-bond donors (Lipinski definition) is 1. The predicted octanol–water partition coefficient (Wildman–Crippen LogP) is 2.60. The Labute approximate surface area is 81.7 Å².